The van der Waals surface area contributed by atoms with Crippen LogP contribution in [-0.4, -0.2) is 38.0 Å². The van der Waals surface area contributed by atoms with Crippen LogP contribution in [0.3, 0.4) is 0 Å². The van der Waals surface area contributed by atoms with Crippen LogP contribution in [0.15, 0.2) is 0 Å². The molecular formula is C16H31NO2. The van der Waals surface area contributed by atoms with E-state index in [1.807, 2.05) is 0 Å². The van der Waals surface area contributed by atoms with Gasteiger partial charge in [0.25, 0.3) is 0 Å². The van der Waals surface area contributed by atoms with Crippen molar-refractivity contribution < 1.29 is 9.47 Å². The molecule has 1 atom stereocenters. The molecule has 1 N–H and O–H groups in total. The highest BCUT2D eigenvalue weighted by atomic mass is 16.5. The summed E-state index contributed by atoms with van der Waals surface area (Å²) in [5.74, 6) is 0.790. The first-order valence-corrected chi connectivity index (χ1v) is 8.27. The van der Waals surface area contributed by atoms with E-state index in [-0.39, 0.29) is 5.60 Å². The third-order valence-corrected chi connectivity index (χ3v) is 4.88. The lowest BCUT2D eigenvalue weighted by atomic mass is 9.73. The molecule has 0 aromatic carbocycles. The van der Waals surface area contributed by atoms with Gasteiger partial charge in [0.05, 0.1) is 5.60 Å². The summed E-state index contributed by atoms with van der Waals surface area (Å²) >= 11 is 0. The summed E-state index contributed by atoms with van der Waals surface area (Å²) < 4.78 is 11.9. The molecule has 0 spiro atoms. The van der Waals surface area contributed by atoms with Crippen LogP contribution in [0.4, 0.5) is 0 Å². The Bertz CT molecular complexity index is 240. The third-order valence-electron chi connectivity index (χ3n) is 4.88. The molecule has 1 unspecified atom stereocenters. The minimum atomic E-state index is 0.0189. The molecule has 2 fully saturated rings. The minimum absolute atomic E-state index is 0.0189. The fourth-order valence-electron chi connectivity index (χ4n) is 4.02. The third kappa shape index (κ3) is 3.71. The van der Waals surface area contributed by atoms with E-state index in [4.69, 9.17) is 9.47 Å². The van der Waals surface area contributed by atoms with E-state index >= 15 is 0 Å². The first-order valence-electron chi connectivity index (χ1n) is 8.27. The van der Waals surface area contributed by atoms with Gasteiger partial charge in [0.1, 0.15) is 0 Å². The van der Waals surface area contributed by atoms with Gasteiger partial charge in [0.2, 0.25) is 0 Å². The first-order chi connectivity index (χ1) is 9.32. The second-order valence-corrected chi connectivity index (χ2v) is 6.04. The average molecular weight is 269 g/mol. The van der Waals surface area contributed by atoms with Crippen LogP contribution in [0.2, 0.25) is 0 Å². The molecule has 1 saturated heterocycles. The monoisotopic (exact) mass is 269 g/mol. The highest BCUT2D eigenvalue weighted by Gasteiger charge is 2.44. The molecule has 0 radical (unpaired) electrons. The number of hydrogen-bond acceptors (Lipinski definition) is 3. The van der Waals surface area contributed by atoms with Gasteiger partial charge in [0, 0.05) is 38.7 Å². The first kappa shape index (κ1) is 15.3. The smallest absolute Gasteiger partial charge is 0.0881 e. The lowest BCUT2D eigenvalue weighted by molar-refractivity contribution is -0.138. The molecule has 0 amide bonds. The van der Waals surface area contributed by atoms with Gasteiger partial charge in [-0.15, -0.1) is 0 Å². The lowest BCUT2D eigenvalue weighted by Crippen LogP contribution is -2.59. The van der Waals surface area contributed by atoms with Crippen molar-refractivity contribution in [2.45, 2.75) is 70.4 Å². The zero-order chi connectivity index (χ0) is 13.6. The molecule has 0 bridgehead atoms. The maximum absolute atomic E-state index is 6.30. The Labute approximate surface area is 118 Å². The molecule has 19 heavy (non-hydrogen) atoms. The predicted molar refractivity (Wildman–Crippen MR) is 78.4 cm³/mol. The van der Waals surface area contributed by atoms with E-state index in [2.05, 4.69) is 19.2 Å². The fraction of sp³-hybridized carbons (Fsp3) is 1.00. The topological polar surface area (TPSA) is 30.5 Å². The summed E-state index contributed by atoms with van der Waals surface area (Å²) in [4.78, 5) is 0. The molecule has 1 saturated carbocycles. The van der Waals surface area contributed by atoms with E-state index in [1.165, 1.54) is 32.1 Å². The Morgan fingerprint density at radius 1 is 1.16 bits per heavy atom. The van der Waals surface area contributed by atoms with Crippen molar-refractivity contribution in [2.75, 3.05) is 26.4 Å². The van der Waals surface area contributed by atoms with Crippen molar-refractivity contribution in [2.24, 2.45) is 5.92 Å². The van der Waals surface area contributed by atoms with Gasteiger partial charge in [0.15, 0.2) is 0 Å². The van der Waals surface area contributed by atoms with Crippen LogP contribution < -0.4 is 5.32 Å². The number of ether oxygens (including phenoxy) is 2. The fourth-order valence-corrected chi connectivity index (χ4v) is 4.02. The second-order valence-electron chi connectivity index (χ2n) is 6.04. The molecule has 112 valence electrons. The van der Waals surface area contributed by atoms with E-state index in [1.54, 1.807) is 0 Å². The summed E-state index contributed by atoms with van der Waals surface area (Å²) in [6, 6.07) is 0.515. The highest BCUT2D eigenvalue weighted by Crippen LogP contribution is 2.38. The molecule has 1 aliphatic carbocycles. The van der Waals surface area contributed by atoms with Gasteiger partial charge in [-0.05, 0) is 32.2 Å². The van der Waals surface area contributed by atoms with Crippen molar-refractivity contribution in [3.05, 3.63) is 0 Å². The standard InChI is InChI=1S/C16H31NO2/c1-3-17-15(14-8-6-5-7-9-14)16(19-4-2)10-12-18-13-11-16/h14-15,17H,3-13H2,1-2H3. The molecule has 1 heterocycles. The Hall–Kier alpha value is -0.120. The van der Waals surface area contributed by atoms with Crippen molar-refractivity contribution in [1.29, 1.82) is 0 Å². The van der Waals surface area contributed by atoms with Crippen molar-refractivity contribution in [3.63, 3.8) is 0 Å². The summed E-state index contributed by atoms with van der Waals surface area (Å²) in [5.41, 5.74) is 0.0189. The van der Waals surface area contributed by atoms with Crippen LogP contribution in [0.5, 0.6) is 0 Å². The van der Waals surface area contributed by atoms with Crippen molar-refractivity contribution in [3.8, 4) is 0 Å². The number of hydrogen-bond donors (Lipinski definition) is 1. The second kappa shape index (κ2) is 7.61. The Morgan fingerprint density at radius 3 is 2.42 bits per heavy atom. The zero-order valence-corrected chi connectivity index (χ0v) is 12.7. The number of nitrogens with one attached hydrogen (secondary N) is 1. The van der Waals surface area contributed by atoms with Gasteiger partial charge in [-0.2, -0.15) is 0 Å². The van der Waals surface area contributed by atoms with E-state index in [0.29, 0.717) is 6.04 Å². The van der Waals surface area contributed by atoms with Gasteiger partial charge in [-0.25, -0.2) is 0 Å². The largest absolute Gasteiger partial charge is 0.381 e. The van der Waals surface area contributed by atoms with Crippen LogP contribution in [0, 0.1) is 5.92 Å². The molecule has 0 aromatic rings. The van der Waals surface area contributed by atoms with E-state index < -0.39 is 0 Å². The molecule has 2 aliphatic rings. The van der Waals surface area contributed by atoms with Crippen molar-refractivity contribution >= 4 is 0 Å². The van der Waals surface area contributed by atoms with Crippen LogP contribution in [0.25, 0.3) is 0 Å². The Balaban J connectivity index is 2.12. The molecule has 3 heteroatoms. The Kier molecular flexibility index (Phi) is 6.11. The summed E-state index contributed by atoms with van der Waals surface area (Å²) in [6.07, 6.45) is 9.04. The molecule has 2 rings (SSSR count). The maximum Gasteiger partial charge on any atom is 0.0881 e. The summed E-state index contributed by atoms with van der Waals surface area (Å²) in [7, 11) is 0. The number of rotatable bonds is 6. The van der Waals surface area contributed by atoms with Gasteiger partial charge in [-0.3, -0.25) is 0 Å². The zero-order valence-electron chi connectivity index (χ0n) is 12.7. The lowest BCUT2D eigenvalue weighted by Gasteiger charge is -2.47. The van der Waals surface area contributed by atoms with Gasteiger partial charge >= 0.3 is 0 Å². The van der Waals surface area contributed by atoms with Gasteiger partial charge < -0.3 is 14.8 Å². The number of likely N-dealkylation sites (N-methyl/N-ethyl adjacent to an activating group) is 1. The van der Waals surface area contributed by atoms with Crippen molar-refractivity contribution in [1.82, 2.24) is 5.32 Å². The molecule has 1 aliphatic heterocycles. The van der Waals surface area contributed by atoms with Crippen LogP contribution in [-0.2, 0) is 9.47 Å². The van der Waals surface area contributed by atoms with E-state index in [9.17, 15) is 0 Å². The maximum atomic E-state index is 6.30. The highest BCUT2D eigenvalue weighted by molar-refractivity contribution is 4.99. The van der Waals surface area contributed by atoms with E-state index in [0.717, 1.165) is 45.1 Å². The van der Waals surface area contributed by atoms with Crippen LogP contribution >= 0.6 is 0 Å². The normalized spacial score (nSPS) is 26.2. The Morgan fingerprint density at radius 2 is 1.84 bits per heavy atom. The van der Waals surface area contributed by atoms with Gasteiger partial charge in [-0.1, -0.05) is 26.2 Å². The molecule has 0 aromatic heterocycles. The quantitative estimate of drug-likeness (QED) is 0.803. The SMILES string of the molecule is CCNC(C1CCCCC1)C1(OCC)CCOCC1. The molecular weight excluding hydrogens is 238 g/mol. The predicted octanol–water partition coefficient (Wildman–Crippen LogP) is 3.13. The van der Waals surface area contributed by atoms with Crippen LogP contribution in [0.1, 0.15) is 58.8 Å². The molecule has 3 nitrogen and oxygen atoms in total. The summed E-state index contributed by atoms with van der Waals surface area (Å²) in [5, 5.41) is 3.77. The summed E-state index contributed by atoms with van der Waals surface area (Å²) in [6.45, 7) is 7.91. The minimum Gasteiger partial charge on any atom is -0.381 e. The average Bonchev–Trinajstić information content (AvgIpc) is 2.47.